The highest BCUT2D eigenvalue weighted by atomic mass is 16.5. The van der Waals surface area contributed by atoms with Crippen LogP contribution in [0.1, 0.15) is 18.4 Å². The number of methoxy groups -OCH3 is 1. The Balaban J connectivity index is 1.41. The van der Waals surface area contributed by atoms with Crippen molar-refractivity contribution < 1.29 is 9.53 Å². The molecule has 1 atom stereocenters. The molecule has 1 N–H and O–H groups in total. The first-order valence-corrected chi connectivity index (χ1v) is 10.4. The van der Waals surface area contributed by atoms with Gasteiger partial charge in [-0.15, -0.1) is 0 Å². The van der Waals surface area contributed by atoms with Crippen LogP contribution in [0.2, 0.25) is 0 Å². The predicted octanol–water partition coefficient (Wildman–Crippen LogP) is 3.16. The van der Waals surface area contributed by atoms with Gasteiger partial charge in [-0.2, -0.15) is 5.10 Å². The Kier molecular flexibility index (Phi) is 6.31. The van der Waals surface area contributed by atoms with Gasteiger partial charge in [-0.05, 0) is 42.7 Å². The number of hydrogen-bond donors (Lipinski definition) is 1. The maximum atomic E-state index is 12.8. The SMILES string of the molecule is COc1ccc(NC(=O)C2CCCN(c3cnn(Cc4ccccc4)c(=O)c3)C2)cc1. The number of carbonyl (C=O) groups is 1. The van der Waals surface area contributed by atoms with E-state index in [1.165, 1.54) is 4.68 Å². The van der Waals surface area contributed by atoms with E-state index < -0.39 is 0 Å². The van der Waals surface area contributed by atoms with E-state index in [4.69, 9.17) is 4.74 Å². The van der Waals surface area contributed by atoms with Gasteiger partial charge in [0.15, 0.2) is 0 Å². The molecule has 1 fully saturated rings. The lowest BCUT2D eigenvalue weighted by molar-refractivity contribution is -0.120. The molecule has 31 heavy (non-hydrogen) atoms. The average molecular weight is 418 g/mol. The summed E-state index contributed by atoms with van der Waals surface area (Å²) in [5.41, 5.74) is 2.38. The third kappa shape index (κ3) is 5.12. The number of ether oxygens (including phenoxy) is 1. The number of aromatic nitrogens is 2. The van der Waals surface area contributed by atoms with Gasteiger partial charge in [0.2, 0.25) is 5.91 Å². The largest absolute Gasteiger partial charge is 0.497 e. The quantitative estimate of drug-likeness (QED) is 0.666. The normalized spacial score (nSPS) is 16.0. The molecule has 0 spiro atoms. The number of hydrogen-bond acceptors (Lipinski definition) is 5. The van der Waals surface area contributed by atoms with Crippen molar-refractivity contribution in [1.82, 2.24) is 9.78 Å². The van der Waals surface area contributed by atoms with Gasteiger partial charge in [0.25, 0.3) is 5.56 Å². The Morgan fingerprint density at radius 2 is 1.94 bits per heavy atom. The van der Waals surface area contributed by atoms with Crippen molar-refractivity contribution in [3.8, 4) is 5.75 Å². The van der Waals surface area contributed by atoms with Crippen LogP contribution in [0.4, 0.5) is 11.4 Å². The van der Waals surface area contributed by atoms with E-state index >= 15 is 0 Å². The number of piperidine rings is 1. The topological polar surface area (TPSA) is 76.5 Å². The van der Waals surface area contributed by atoms with Gasteiger partial charge in [0, 0.05) is 24.8 Å². The van der Waals surface area contributed by atoms with E-state index in [1.807, 2.05) is 54.6 Å². The van der Waals surface area contributed by atoms with Crippen molar-refractivity contribution in [1.29, 1.82) is 0 Å². The summed E-state index contributed by atoms with van der Waals surface area (Å²) in [4.78, 5) is 27.4. The summed E-state index contributed by atoms with van der Waals surface area (Å²) >= 11 is 0. The smallest absolute Gasteiger partial charge is 0.269 e. The van der Waals surface area contributed by atoms with E-state index in [0.29, 0.717) is 13.1 Å². The monoisotopic (exact) mass is 418 g/mol. The summed E-state index contributed by atoms with van der Waals surface area (Å²) in [5.74, 6) is 0.583. The van der Waals surface area contributed by atoms with Crippen molar-refractivity contribution in [2.75, 3.05) is 30.4 Å². The Labute approximate surface area is 181 Å². The van der Waals surface area contributed by atoms with Crippen LogP contribution in [0.5, 0.6) is 5.75 Å². The molecule has 3 aromatic rings. The summed E-state index contributed by atoms with van der Waals surface area (Å²) in [7, 11) is 1.61. The third-order valence-corrected chi connectivity index (χ3v) is 5.55. The maximum absolute atomic E-state index is 12.8. The Morgan fingerprint density at radius 1 is 1.16 bits per heavy atom. The minimum absolute atomic E-state index is 0.0137. The molecular weight excluding hydrogens is 392 g/mol. The molecule has 1 aliphatic rings. The molecule has 1 unspecified atom stereocenters. The zero-order chi connectivity index (χ0) is 21.6. The standard InChI is InChI=1S/C24H26N4O3/c1-31-22-11-9-20(10-12-22)26-24(30)19-8-5-13-27(17-19)21-14-23(29)28(25-15-21)16-18-6-3-2-4-7-18/h2-4,6-7,9-12,14-15,19H,5,8,13,16-17H2,1H3,(H,26,30). The molecule has 1 saturated heterocycles. The lowest BCUT2D eigenvalue weighted by Gasteiger charge is -2.33. The van der Waals surface area contributed by atoms with E-state index in [2.05, 4.69) is 15.3 Å². The van der Waals surface area contributed by atoms with E-state index in [1.54, 1.807) is 19.4 Å². The maximum Gasteiger partial charge on any atom is 0.269 e. The minimum Gasteiger partial charge on any atom is -0.497 e. The average Bonchev–Trinajstić information content (AvgIpc) is 2.81. The van der Waals surface area contributed by atoms with Gasteiger partial charge >= 0.3 is 0 Å². The molecule has 1 amide bonds. The fraction of sp³-hybridized carbons (Fsp3) is 0.292. The van der Waals surface area contributed by atoms with Gasteiger partial charge in [-0.1, -0.05) is 30.3 Å². The zero-order valence-corrected chi connectivity index (χ0v) is 17.5. The summed E-state index contributed by atoms with van der Waals surface area (Å²) in [6, 6.07) is 18.7. The molecule has 1 aromatic heterocycles. The molecule has 0 bridgehead atoms. The Bertz CT molecular complexity index is 1080. The van der Waals surface area contributed by atoms with Crippen molar-refractivity contribution in [3.63, 3.8) is 0 Å². The third-order valence-electron chi connectivity index (χ3n) is 5.55. The lowest BCUT2D eigenvalue weighted by atomic mass is 9.96. The van der Waals surface area contributed by atoms with Crippen LogP contribution in [-0.4, -0.2) is 35.9 Å². The summed E-state index contributed by atoms with van der Waals surface area (Å²) in [6.07, 6.45) is 3.42. The molecule has 7 nitrogen and oxygen atoms in total. The Hall–Kier alpha value is -3.61. The highest BCUT2D eigenvalue weighted by molar-refractivity contribution is 5.93. The van der Waals surface area contributed by atoms with Crippen LogP contribution in [0.25, 0.3) is 0 Å². The van der Waals surface area contributed by atoms with Crippen LogP contribution < -0.4 is 20.5 Å². The number of nitrogens with zero attached hydrogens (tertiary/aromatic N) is 3. The number of carbonyl (C=O) groups excluding carboxylic acids is 1. The molecule has 7 heteroatoms. The molecule has 1 aliphatic heterocycles. The molecule has 2 heterocycles. The molecule has 4 rings (SSSR count). The van der Waals surface area contributed by atoms with Crippen LogP contribution in [-0.2, 0) is 11.3 Å². The van der Waals surface area contributed by atoms with E-state index in [0.717, 1.165) is 42.1 Å². The first kappa shape index (κ1) is 20.7. The second kappa shape index (κ2) is 9.47. The highest BCUT2D eigenvalue weighted by Gasteiger charge is 2.26. The number of amides is 1. The molecule has 0 radical (unpaired) electrons. The second-order valence-electron chi connectivity index (χ2n) is 7.70. The molecule has 2 aromatic carbocycles. The number of anilines is 2. The van der Waals surface area contributed by atoms with Gasteiger partial charge in [-0.3, -0.25) is 9.59 Å². The lowest BCUT2D eigenvalue weighted by Crippen LogP contribution is -2.41. The molecule has 0 aliphatic carbocycles. The van der Waals surface area contributed by atoms with Crippen LogP contribution in [0.3, 0.4) is 0 Å². The van der Waals surface area contributed by atoms with Crippen molar-refractivity contribution in [3.05, 3.63) is 82.8 Å². The predicted molar refractivity (Wildman–Crippen MR) is 121 cm³/mol. The van der Waals surface area contributed by atoms with Gasteiger partial charge < -0.3 is 15.0 Å². The van der Waals surface area contributed by atoms with Gasteiger partial charge in [-0.25, -0.2) is 4.68 Å². The molecule has 160 valence electrons. The molecule has 0 saturated carbocycles. The van der Waals surface area contributed by atoms with Crippen LogP contribution in [0, 0.1) is 5.92 Å². The number of rotatable bonds is 6. The van der Waals surface area contributed by atoms with Crippen molar-refractivity contribution in [2.24, 2.45) is 5.92 Å². The van der Waals surface area contributed by atoms with E-state index in [9.17, 15) is 9.59 Å². The fourth-order valence-electron chi connectivity index (χ4n) is 3.82. The van der Waals surface area contributed by atoms with Crippen molar-refractivity contribution in [2.45, 2.75) is 19.4 Å². The van der Waals surface area contributed by atoms with Crippen LogP contribution in [0.15, 0.2) is 71.7 Å². The molecular formula is C24H26N4O3. The zero-order valence-electron chi connectivity index (χ0n) is 17.5. The second-order valence-corrected chi connectivity index (χ2v) is 7.70. The summed E-state index contributed by atoms with van der Waals surface area (Å²) in [6.45, 7) is 1.80. The Morgan fingerprint density at radius 3 is 2.65 bits per heavy atom. The number of nitrogens with one attached hydrogen (secondary N) is 1. The first-order valence-electron chi connectivity index (χ1n) is 10.4. The van der Waals surface area contributed by atoms with Crippen molar-refractivity contribution >= 4 is 17.3 Å². The van der Waals surface area contributed by atoms with Gasteiger partial charge in [0.05, 0.1) is 31.5 Å². The first-order chi connectivity index (χ1) is 15.1. The summed E-state index contributed by atoms with van der Waals surface area (Å²) < 4.78 is 6.61. The number of benzene rings is 2. The minimum atomic E-state index is -0.150. The fourth-order valence-corrected chi connectivity index (χ4v) is 3.82. The van der Waals surface area contributed by atoms with Gasteiger partial charge in [0.1, 0.15) is 5.75 Å². The summed E-state index contributed by atoms with van der Waals surface area (Å²) in [5, 5.41) is 7.33. The highest BCUT2D eigenvalue weighted by Crippen LogP contribution is 2.23. The van der Waals surface area contributed by atoms with E-state index in [-0.39, 0.29) is 17.4 Å². The van der Waals surface area contributed by atoms with Crippen LogP contribution >= 0.6 is 0 Å².